The van der Waals surface area contributed by atoms with Crippen LogP contribution in [0, 0.1) is 0 Å². The molecule has 0 spiro atoms. The van der Waals surface area contributed by atoms with E-state index in [4.69, 9.17) is 11.6 Å². The van der Waals surface area contributed by atoms with Crippen LogP contribution in [0.1, 0.15) is 31.7 Å². The van der Waals surface area contributed by atoms with Crippen LogP contribution in [0.5, 0.6) is 0 Å². The number of benzene rings is 1. The molecule has 1 rings (SSSR count). The number of hydrogen-bond acceptors (Lipinski definition) is 2. The maximum atomic E-state index is 6.04. The number of anilines is 1. The predicted octanol–water partition coefficient (Wildman–Crippen LogP) is 3.69. The van der Waals surface area contributed by atoms with Gasteiger partial charge in [-0.2, -0.15) is 0 Å². The molecule has 96 valence electrons. The van der Waals surface area contributed by atoms with E-state index >= 15 is 0 Å². The second-order valence-electron chi connectivity index (χ2n) is 4.43. The van der Waals surface area contributed by atoms with Crippen molar-refractivity contribution in [3.8, 4) is 0 Å². The lowest BCUT2D eigenvalue weighted by atomic mass is 10.1. The Hall–Kier alpha value is -0.730. The van der Waals surface area contributed by atoms with Gasteiger partial charge in [0.2, 0.25) is 0 Å². The van der Waals surface area contributed by atoms with Gasteiger partial charge in [-0.1, -0.05) is 31.4 Å². The predicted molar refractivity (Wildman–Crippen MR) is 77.0 cm³/mol. The molecule has 0 saturated carbocycles. The molecular weight excluding hydrogens is 232 g/mol. The normalized spacial score (nSPS) is 10.6. The molecule has 0 saturated heterocycles. The van der Waals surface area contributed by atoms with Gasteiger partial charge in [0.15, 0.2) is 0 Å². The van der Waals surface area contributed by atoms with Crippen LogP contribution in [0.3, 0.4) is 0 Å². The minimum atomic E-state index is 0.806. The van der Waals surface area contributed by atoms with E-state index in [1.54, 1.807) is 0 Å². The fourth-order valence-electron chi connectivity index (χ4n) is 1.98. The number of nitrogens with zero attached hydrogens (tertiary/aromatic N) is 1. The molecule has 0 unspecified atom stereocenters. The molecule has 1 aromatic carbocycles. The molecule has 3 heteroatoms. The van der Waals surface area contributed by atoms with Crippen molar-refractivity contribution in [3.63, 3.8) is 0 Å². The van der Waals surface area contributed by atoms with E-state index < -0.39 is 0 Å². The standard InChI is InChI=1S/C14H23ClN2/c1-4-5-6-9-17(3)14-8-7-13(15)10-12(14)11-16-2/h7-8,10,16H,4-6,9,11H2,1-3H3. The van der Waals surface area contributed by atoms with Crippen molar-refractivity contribution in [2.24, 2.45) is 0 Å². The zero-order chi connectivity index (χ0) is 12.7. The first-order valence-corrected chi connectivity index (χ1v) is 6.71. The minimum absolute atomic E-state index is 0.806. The fraction of sp³-hybridized carbons (Fsp3) is 0.571. The van der Waals surface area contributed by atoms with Crippen LogP contribution in [-0.2, 0) is 6.54 Å². The molecule has 0 aromatic heterocycles. The summed E-state index contributed by atoms with van der Waals surface area (Å²) in [4.78, 5) is 2.32. The lowest BCUT2D eigenvalue weighted by Crippen LogP contribution is -2.21. The van der Waals surface area contributed by atoms with E-state index in [9.17, 15) is 0 Å². The van der Waals surface area contributed by atoms with E-state index in [2.05, 4.69) is 30.3 Å². The van der Waals surface area contributed by atoms with Crippen molar-refractivity contribution >= 4 is 17.3 Å². The molecule has 0 bridgehead atoms. The Morgan fingerprint density at radius 1 is 1.29 bits per heavy atom. The third-order valence-corrected chi connectivity index (χ3v) is 3.15. The zero-order valence-corrected chi connectivity index (χ0v) is 11.8. The van der Waals surface area contributed by atoms with Crippen molar-refractivity contribution in [1.82, 2.24) is 5.32 Å². The smallest absolute Gasteiger partial charge is 0.0410 e. The van der Waals surface area contributed by atoms with Gasteiger partial charge < -0.3 is 10.2 Å². The van der Waals surface area contributed by atoms with Gasteiger partial charge in [-0.15, -0.1) is 0 Å². The number of unbranched alkanes of at least 4 members (excludes halogenated alkanes) is 2. The van der Waals surface area contributed by atoms with E-state index in [-0.39, 0.29) is 0 Å². The van der Waals surface area contributed by atoms with Crippen LogP contribution in [0.15, 0.2) is 18.2 Å². The summed E-state index contributed by atoms with van der Waals surface area (Å²) in [6, 6.07) is 6.12. The largest absolute Gasteiger partial charge is 0.374 e. The fourth-order valence-corrected chi connectivity index (χ4v) is 2.17. The van der Waals surface area contributed by atoms with E-state index in [1.807, 2.05) is 19.2 Å². The number of halogens is 1. The monoisotopic (exact) mass is 254 g/mol. The topological polar surface area (TPSA) is 15.3 Å². The summed E-state index contributed by atoms with van der Waals surface area (Å²) in [5.74, 6) is 0. The Morgan fingerprint density at radius 3 is 2.71 bits per heavy atom. The molecule has 0 atom stereocenters. The molecule has 2 nitrogen and oxygen atoms in total. The van der Waals surface area contributed by atoms with Gasteiger partial charge in [0.05, 0.1) is 0 Å². The maximum absolute atomic E-state index is 6.04. The van der Waals surface area contributed by atoms with Gasteiger partial charge in [-0.25, -0.2) is 0 Å². The molecule has 0 fully saturated rings. The van der Waals surface area contributed by atoms with Gasteiger partial charge in [0.25, 0.3) is 0 Å². The first-order chi connectivity index (χ1) is 8.19. The molecular formula is C14H23ClN2. The summed E-state index contributed by atoms with van der Waals surface area (Å²) >= 11 is 6.04. The Balaban J connectivity index is 2.73. The SMILES string of the molecule is CCCCCN(C)c1ccc(Cl)cc1CNC. The second kappa shape index (κ2) is 7.57. The van der Waals surface area contributed by atoms with Crippen LogP contribution < -0.4 is 10.2 Å². The average molecular weight is 255 g/mol. The molecule has 1 N–H and O–H groups in total. The molecule has 0 amide bonds. The molecule has 0 aliphatic carbocycles. The van der Waals surface area contributed by atoms with Crippen LogP contribution >= 0.6 is 11.6 Å². The van der Waals surface area contributed by atoms with Crippen molar-refractivity contribution < 1.29 is 0 Å². The third kappa shape index (κ3) is 4.57. The zero-order valence-electron chi connectivity index (χ0n) is 11.1. The molecule has 17 heavy (non-hydrogen) atoms. The summed E-state index contributed by atoms with van der Waals surface area (Å²) in [5.41, 5.74) is 2.54. The lowest BCUT2D eigenvalue weighted by Gasteiger charge is -2.22. The summed E-state index contributed by atoms with van der Waals surface area (Å²) in [6.45, 7) is 4.19. The Labute approximate surface area is 110 Å². The average Bonchev–Trinajstić information content (AvgIpc) is 2.30. The first-order valence-electron chi connectivity index (χ1n) is 6.33. The Bertz CT molecular complexity index is 339. The van der Waals surface area contributed by atoms with Crippen LogP contribution in [0.4, 0.5) is 5.69 Å². The van der Waals surface area contributed by atoms with Crippen LogP contribution in [0.2, 0.25) is 5.02 Å². The third-order valence-electron chi connectivity index (χ3n) is 2.92. The lowest BCUT2D eigenvalue weighted by molar-refractivity contribution is 0.701. The van der Waals surface area contributed by atoms with Gasteiger partial charge in [-0.05, 0) is 37.2 Å². The highest BCUT2D eigenvalue weighted by atomic mass is 35.5. The summed E-state index contributed by atoms with van der Waals surface area (Å²) < 4.78 is 0. The molecule has 0 heterocycles. The van der Waals surface area contributed by atoms with Crippen molar-refractivity contribution in [1.29, 1.82) is 0 Å². The van der Waals surface area contributed by atoms with Crippen LogP contribution in [-0.4, -0.2) is 20.6 Å². The Morgan fingerprint density at radius 2 is 2.06 bits per heavy atom. The summed E-state index contributed by atoms with van der Waals surface area (Å²) in [6.07, 6.45) is 3.80. The van der Waals surface area contributed by atoms with E-state index in [1.165, 1.54) is 30.5 Å². The van der Waals surface area contributed by atoms with E-state index in [0.717, 1.165) is 18.1 Å². The molecule has 0 radical (unpaired) electrons. The summed E-state index contributed by atoms with van der Waals surface area (Å²) in [5, 5.41) is 3.99. The number of rotatable bonds is 7. The number of hydrogen-bond donors (Lipinski definition) is 1. The summed E-state index contributed by atoms with van der Waals surface area (Å²) in [7, 11) is 4.11. The molecule has 0 aliphatic heterocycles. The van der Waals surface area contributed by atoms with Gasteiger partial charge >= 0.3 is 0 Å². The molecule has 1 aromatic rings. The van der Waals surface area contributed by atoms with Gasteiger partial charge in [-0.3, -0.25) is 0 Å². The highest BCUT2D eigenvalue weighted by Gasteiger charge is 2.07. The maximum Gasteiger partial charge on any atom is 0.0410 e. The van der Waals surface area contributed by atoms with Crippen molar-refractivity contribution in [2.75, 3.05) is 25.5 Å². The van der Waals surface area contributed by atoms with E-state index in [0.29, 0.717) is 0 Å². The highest BCUT2D eigenvalue weighted by molar-refractivity contribution is 6.30. The quantitative estimate of drug-likeness (QED) is 0.747. The van der Waals surface area contributed by atoms with Crippen molar-refractivity contribution in [2.45, 2.75) is 32.7 Å². The Kier molecular flexibility index (Phi) is 6.38. The minimum Gasteiger partial charge on any atom is -0.374 e. The van der Waals surface area contributed by atoms with Crippen molar-refractivity contribution in [3.05, 3.63) is 28.8 Å². The number of nitrogens with one attached hydrogen (secondary N) is 1. The van der Waals surface area contributed by atoms with Crippen LogP contribution in [0.25, 0.3) is 0 Å². The second-order valence-corrected chi connectivity index (χ2v) is 4.87. The van der Waals surface area contributed by atoms with Gasteiger partial charge in [0.1, 0.15) is 0 Å². The first kappa shape index (κ1) is 14.3. The highest BCUT2D eigenvalue weighted by Crippen LogP contribution is 2.23. The molecule has 0 aliphatic rings. The van der Waals surface area contributed by atoms with Gasteiger partial charge in [0, 0.05) is 30.8 Å².